The third kappa shape index (κ3) is 4.98. The van der Waals surface area contributed by atoms with Crippen molar-refractivity contribution < 1.29 is 14.5 Å². The van der Waals surface area contributed by atoms with E-state index in [2.05, 4.69) is 20.8 Å². The van der Waals surface area contributed by atoms with E-state index in [1.54, 1.807) is 24.5 Å². The maximum absolute atomic E-state index is 11.6. The highest BCUT2D eigenvalue weighted by molar-refractivity contribution is 6.35. The number of hydrogen-bond donors (Lipinski definition) is 2. The Morgan fingerprint density at radius 3 is 2.58 bits per heavy atom. The van der Waals surface area contributed by atoms with Crippen LogP contribution in [0.25, 0.3) is 0 Å². The van der Waals surface area contributed by atoms with Crippen molar-refractivity contribution in [1.29, 1.82) is 0 Å². The van der Waals surface area contributed by atoms with Crippen LogP contribution in [0.5, 0.6) is 0 Å². The van der Waals surface area contributed by atoms with Gasteiger partial charge >= 0.3 is 11.8 Å². The van der Waals surface area contributed by atoms with Gasteiger partial charge in [-0.2, -0.15) is 5.10 Å². The molecule has 2 amide bonds. The molecule has 9 heteroatoms. The fourth-order valence-electron chi connectivity index (χ4n) is 1.66. The molecule has 122 valence electrons. The van der Waals surface area contributed by atoms with E-state index in [1.165, 1.54) is 30.5 Å². The summed E-state index contributed by atoms with van der Waals surface area (Å²) in [4.78, 5) is 37.0. The van der Waals surface area contributed by atoms with E-state index in [9.17, 15) is 19.7 Å². The molecule has 0 saturated carbocycles. The highest BCUT2D eigenvalue weighted by atomic mass is 16.6. The van der Waals surface area contributed by atoms with Crippen molar-refractivity contribution in [2.45, 2.75) is 6.54 Å². The summed E-state index contributed by atoms with van der Waals surface area (Å²) in [5.41, 5.74) is 3.32. The minimum absolute atomic E-state index is 0.0500. The normalized spacial score (nSPS) is 10.3. The lowest BCUT2D eigenvalue weighted by atomic mass is 10.2. The average molecular weight is 327 g/mol. The number of nitro groups is 1. The van der Waals surface area contributed by atoms with Crippen LogP contribution >= 0.6 is 0 Å². The zero-order chi connectivity index (χ0) is 17.4. The largest absolute Gasteiger partial charge is 0.344 e. The van der Waals surface area contributed by atoms with Crippen LogP contribution in [0.4, 0.5) is 5.69 Å². The number of carbonyl (C=O) groups excluding carboxylic acids is 2. The molecule has 0 radical (unpaired) electrons. The van der Waals surface area contributed by atoms with Gasteiger partial charge in [0.15, 0.2) is 0 Å². The molecule has 0 aliphatic rings. The first-order chi connectivity index (χ1) is 11.6. The van der Waals surface area contributed by atoms with E-state index in [0.717, 1.165) is 5.56 Å². The second-order valence-electron chi connectivity index (χ2n) is 4.59. The summed E-state index contributed by atoms with van der Waals surface area (Å²) in [6.45, 7) is 0.173. The van der Waals surface area contributed by atoms with Crippen molar-refractivity contribution in [3.05, 3.63) is 70.0 Å². The van der Waals surface area contributed by atoms with Crippen molar-refractivity contribution in [3.8, 4) is 0 Å². The molecule has 1 aromatic carbocycles. The number of pyridine rings is 1. The Kier molecular flexibility index (Phi) is 5.67. The lowest BCUT2D eigenvalue weighted by Gasteiger charge is -2.03. The van der Waals surface area contributed by atoms with Crippen molar-refractivity contribution in [2.24, 2.45) is 5.10 Å². The zero-order valence-corrected chi connectivity index (χ0v) is 12.4. The van der Waals surface area contributed by atoms with Crippen LogP contribution in [-0.4, -0.2) is 27.9 Å². The van der Waals surface area contributed by atoms with Gasteiger partial charge in [-0.1, -0.05) is 6.07 Å². The van der Waals surface area contributed by atoms with E-state index in [4.69, 9.17) is 0 Å². The first kappa shape index (κ1) is 16.7. The molecule has 2 aromatic rings. The number of aromatic nitrogens is 1. The summed E-state index contributed by atoms with van der Waals surface area (Å²) in [7, 11) is 0. The van der Waals surface area contributed by atoms with Crippen LogP contribution in [-0.2, 0) is 16.1 Å². The Morgan fingerprint density at radius 1 is 1.21 bits per heavy atom. The number of benzene rings is 1. The second kappa shape index (κ2) is 8.13. The number of carbonyl (C=O) groups is 2. The van der Waals surface area contributed by atoms with Crippen LogP contribution in [0, 0.1) is 10.1 Å². The third-order valence-corrected chi connectivity index (χ3v) is 2.87. The summed E-state index contributed by atoms with van der Waals surface area (Å²) in [6, 6.07) is 9.04. The Morgan fingerprint density at radius 2 is 1.96 bits per heavy atom. The number of rotatable bonds is 5. The Hall–Kier alpha value is -3.62. The highest BCUT2D eigenvalue weighted by Crippen LogP contribution is 2.10. The summed E-state index contributed by atoms with van der Waals surface area (Å²) in [5, 5.41) is 16.6. The van der Waals surface area contributed by atoms with Gasteiger partial charge in [0.1, 0.15) is 0 Å². The molecular weight excluding hydrogens is 314 g/mol. The quantitative estimate of drug-likeness (QED) is 0.363. The van der Waals surface area contributed by atoms with Crippen LogP contribution in [0.15, 0.2) is 53.9 Å². The fourth-order valence-corrected chi connectivity index (χ4v) is 1.66. The topological polar surface area (TPSA) is 127 Å². The summed E-state index contributed by atoms with van der Waals surface area (Å²) in [5.74, 6) is -1.75. The lowest BCUT2D eigenvalue weighted by molar-refractivity contribution is -0.384. The van der Waals surface area contributed by atoms with E-state index >= 15 is 0 Å². The van der Waals surface area contributed by atoms with Crippen LogP contribution < -0.4 is 10.7 Å². The van der Waals surface area contributed by atoms with Crippen molar-refractivity contribution >= 4 is 23.7 Å². The van der Waals surface area contributed by atoms with Gasteiger partial charge in [0, 0.05) is 31.1 Å². The molecule has 0 aliphatic carbocycles. The number of amides is 2. The SMILES string of the molecule is O=C(NCc1cccnc1)C(=O)NN=Cc1ccc([N+](=O)[O-])cc1. The summed E-state index contributed by atoms with van der Waals surface area (Å²) < 4.78 is 0. The molecule has 0 bridgehead atoms. The zero-order valence-electron chi connectivity index (χ0n) is 12.4. The van der Waals surface area contributed by atoms with Crippen LogP contribution in [0.1, 0.15) is 11.1 Å². The fraction of sp³-hybridized carbons (Fsp3) is 0.0667. The number of nitrogens with one attached hydrogen (secondary N) is 2. The second-order valence-corrected chi connectivity index (χ2v) is 4.59. The molecule has 9 nitrogen and oxygen atoms in total. The van der Waals surface area contributed by atoms with Gasteiger partial charge in [-0.05, 0) is 29.3 Å². The first-order valence-electron chi connectivity index (χ1n) is 6.81. The molecule has 0 atom stereocenters. The van der Waals surface area contributed by atoms with E-state index in [0.29, 0.717) is 5.56 Å². The molecular formula is C15H13N5O4. The molecule has 0 fully saturated rings. The maximum atomic E-state index is 11.6. The van der Waals surface area contributed by atoms with E-state index in [1.807, 2.05) is 0 Å². The standard InChI is InChI=1S/C15H13N5O4/c21-14(17-9-12-2-1-7-16-8-12)15(22)19-18-10-11-3-5-13(6-4-11)20(23)24/h1-8,10H,9H2,(H,17,21)(H,19,22). The first-order valence-corrected chi connectivity index (χ1v) is 6.81. The van der Waals surface area contributed by atoms with Crippen LogP contribution in [0.3, 0.4) is 0 Å². The van der Waals surface area contributed by atoms with Gasteiger partial charge in [-0.3, -0.25) is 24.7 Å². The Labute approximate surface area is 136 Å². The van der Waals surface area contributed by atoms with Crippen molar-refractivity contribution in [1.82, 2.24) is 15.7 Å². The smallest absolute Gasteiger partial charge is 0.329 e. The average Bonchev–Trinajstić information content (AvgIpc) is 2.61. The molecule has 0 aliphatic heterocycles. The Balaban J connectivity index is 1.81. The van der Waals surface area contributed by atoms with E-state index in [-0.39, 0.29) is 12.2 Å². The number of hydrogen-bond acceptors (Lipinski definition) is 6. The minimum Gasteiger partial charge on any atom is -0.344 e. The van der Waals surface area contributed by atoms with Gasteiger partial charge in [-0.25, -0.2) is 5.43 Å². The number of hydrazone groups is 1. The number of non-ortho nitro benzene ring substituents is 1. The van der Waals surface area contributed by atoms with Crippen molar-refractivity contribution in [3.63, 3.8) is 0 Å². The molecule has 0 spiro atoms. The Bertz CT molecular complexity index is 759. The van der Waals surface area contributed by atoms with Crippen LogP contribution in [0.2, 0.25) is 0 Å². The molecule has 2 rings (SSSR count). The summed E-state index contributed by atoms with van der Waals surface area (Å²) >= 11 is 0. The lowest BCUT2D eigenvalue weighted by Crippen LogP contribution is -2.37. The molecule has 1 heterocycles. The van der Waals surface area contributed by atoms with E-state index < -0.39 is 16.7 Å². The predicted octanol–water partition coefficient (Wildman–Crippen LogP) is 0.756. The predicted molar refractivity (Wildman–Crippen MR) is 84.9 cm³/mol. The molecule has 0 saturated heterocycles. The number of nitro benzene ring substituents is 1. The monoisotopic (exact) mass is 327 g/mol. The molecule has 1 aromatic heterocycles. The van der Waals surface area contributed by atoms with Gasteiger partial charge in [0.2, 0.25) is 0 Å². The van der Waals surface area contributed by atoms with Gasteiger partial charge in [-0.15, -0.1) is 0 Å². The van der Waals surface area contributed by atoms with Gasteiger partial charge in [0.25, 0.3) is 5.69 Å². The van der Waals surface area contributed by atoms with Crippen molar-refractivity contribution in [2.75, 3.05) is 0 Å². The summed E-state index contributed by atoms with van der Waals surface area (Å²) in [6.07, 6.45) is 4.45. The van der Waals surface area contributed by atoms with Gasteiger partial charge in [0.05, 0.1) is 11.1 Å². The van der Waals surface area contributed by atoms with Gasteiger partial charge < -0.3 is 5.32 Å². The number of nitrogens with zero attached hydrogens (tertiary/aromatic N) is 3. The minimum atomic E-state index is -0.919. The molecule has 0 unspecified atom stereocenters. The maximum Gasteiger partial charge on any atom is 0.329 e. The molecule has 2 N–H and O–H groups in total. The third-order valence-electron chi connectivity index (χ3n) is 2.87. The molecule has 24 heavy (non-hydrogen) atoms. The highest BCUT2D eigenvalue weighted by Gasteiger charge is 2.11.